The minimum absolute atomic E-state index is 0.566. The zero-order valence-corrected chi connectivity index (χ0v) is 10.8. The minimum Gasteiger partial charge on any atom is -0.211 e. The molecule has 0 N–H and O–H groups in total. The molecule has 1 aliphatic carbocycles. The lowest BCUT2D eigenvalue weighted by Gasteiger charge is -2.37. The molecule has 0 heterocycles. The molecule has 16 heavy (non-hydrogen) atoms. The first-order chi connectivity index (χ1) is 7.70. The van der Waals surface area contributed by atoms with Gasteiger partial charge in [0.05, 0.1) is 6.54 Å². The number of unbranched alkanes of at least 4 members (excludes halogenated alkanes) is 2. The van der Waals surface area contributed by atoms with Crippen LogP contribution in [0, 0.1) is 11.3 Å². The minimum atomic E-state index is 0.566. The molecule has 2 nitrogen and oxygen atoms in total. The van der Waals surface area contributed by atoms with E-state index in [1.807, 2.05) is 0 Å². The van der Waals surface area contributed by atoms with Crippen molar-refractivity contribution in [2.45, 2.75) is 65.2 Å². The van der Waals surface area contributed by atoms with Gasteiger partial charge in [0, 0.05) is 0 Å². The van der Waals surface area contributed by atoms with Crippen LogP contribution >= 0.6 is 0 Å². The highest BCUT2D eigenvalue weighted by Gasteiger charge is 2.30. The highest BCUT2D eigenvalue weighted by molar-refractivity contribution is 5.32. The van der Waals surface area contributed by atoms with E-state index in [1.165, 1.54) is 51.4 Å². The fourth-order valence-corrected chi connectivity index (χ4v) is 2.78. The van der Waals surface area contributed by atoms with Crippen molar-refractivity contribution in [3.8, 4) is 0 Å². The third kappa shape index (κ3) is 4.49. The molecule has 92 valence electrons. The number of hydrogen-bond donors (Lipinski definition) is 0. The molecule has 2 heteroatoms. The van der Waals surface area contributed by atoms with Gasteiger partial charge in [-0.1, -0.05) is 33.1 Å². The summed E-state index contributed by atoms with van der Waals surface area (Å²) in [6.45, 7) is 5.40. The number of hydrogen-bond acceptors (Lipinski definition) is 2. The summed E-state index contributed by atoms with van der Waals surface area (Å²) in [5, 5.41) is 0. The molecule has 0 unspecified atom stereocenters. The second-order valence-corrected chi connectivity index (χ2v) is 5.64. The van der Waals surface area contributed by atoms with E-state index >= 15 is 0 Å². The SMILES string of the molecule is CCCCCC1(C)CCC(CN=C=O)CC1. The number of isocyanates is 1. The average Bonchev–Trinajstić information content (AvgIpc) is 2.29. The quantitative estimate of drug-likeness (QED) is 0.379. The van der Waals surface area contributed by atoms with Gasteiger partial charge in [-0.15, -0.1) is 0 Å². The Morgan fingerprint density at radius 1 is 1.31 bits per heavy atom. The van der Waals surface area contributed by atoms with Crippen LogP contribution in [-0.2, 0) is 4.79 Å². The molecule has 0 atom stereocenters. The van der Waals surface area contributed by atoms with E-state index in [9.17, 15) is 4.79 Å². The van der Waals surface area contributed by atoms with E-state index in [0.29, 0.717) is 17.9 Å². The number of carbonyl (C=O) groups excluding carboxylic acids is 1. The van der Waals surface area contributed by atoms with Gasteiger partial charge in [0.15, 0.2) is 0 Å². The van der Waals surface area contributed by atoms with Crippen LogP contribution in [0.2, 0.25) is 0 Å². The first-order valence-electron chi connectivity index (χ1n) is 6.74. The van der Waals surface area contributed by atoms with Gasteiger partial charge in [-0.05, 0) is 43.4 Å². The third-order valence-corrected chi connectivity index (χ3v) is 4.11. The van der Waals surface area contributed by atoms with Crippen LogP contribution in [0.3, 0.4) is 0 Å². The Morgan fingerprint density at radius 3 is 2.56 bits per heavy atom. The Morgan fingerprint density at radius 2 is 2.00 bits per heavy atom. The third-order valence-electron chi connectivity index (χ3n) is 4.11. The summed E-state index contributed by atoms with van der Waals surface area (Å²) < 4.78 is 0. The van der Waals surface area contributed by atoms with Crippen molar-refractivity contribution in [2.75, 3.05) is 6.54 Å². The molecule has 0 aliphatic heterocycles. The van der Waals surface area contributed by atoms with E-state index in [-0.39, 0.29) is 0 Å². The summed E-state index contributed by atoms with van der Waals surface area (Å²) >= 11 is 0. The molecule has 1 saturated carbocycles. The second-order valence-electron chi connectivity index (χ2n) is 5.64. The van der Waals surface area contributed by atoms with Gasteiger partial charge in [-0.2, -0.15) is 0 Å². The smallest absolute Gasteiger partial charge is 0.211 e. The number of aliphatic imine (C=N–C) groups is 1. The monoisotopic (exact) mass is 223 g/mol. The van der Waals surface area contributed by atoms with Crippen LogP contribution in [0.1, 0.15) is 65.2 Å². The highest BCUT2D eigenvalue weighted by Crippen LogP contribution is 2.42. The maximum absolute atomic E-state index is 10.1. The van der Waals surface area contributed by atoms with E-state index in [0.717, 1.165) is 0 Å². The summed E-state index contributed by atoms with van der Waals surface area (Å²) in [6, 6.07) is 0. The highest BCUT2D eigenvalue weighted by atomic mass is 16.1. The van der Waals surface area contributed by atoms with Crippen LogP contribution in [-0.4, -0.2) is 12.6 Å². The summed E-state index contributed by atoms with van der Waals surface area (Å²) in [7, 11) is 0. The lowest BCUT2D eigenvalue weighted by atomic mass is 9.69. The second kappa shape index (κ2) is 6.85. The topological polar surface area (TPSA) is 29.4 Å². The summed E-state index contributed by atoms with van der Waals surface area (Å²) in [4.78, 5) is 13.8. The van der Waals surface area contributed by atoms with Crippen molar-refractivity contribution in [1.29, 1.82) is 0 Å². The number of nitrogens with zero attached hydrogens (tertiary/aromatic N) is 1. The Kier molecular flexibility index (Phi) is 5.76. The molecule has 1 rings (SSSR count). The van der Waals surface area contributed by atoms with E-state index in [4.69, 9.17) is 0 Å². The van der Waals surface area contributed by atoms with Gasteiger partial charge in [-0.25, -0.2) is 9.79 Å². The van der Waals surface area contributed by atoms with Crippen LogP contribution in [0.25, 0.3) is 0 Å². The van der Waals surface area contributed by atoms with Gasteiger partial charge in [0.1, 0.15) is 0 Å². The molecule has 1 fully saturated rings. The van der Waals surface area contributed by atoms with Crippen LogP contribution in [0.5, 0.6) is 0 Å². The van der Waals surface area contributed by atoms with Crippen molar-refractivity contribution in [2.24, 2.45) is 16.3 Å². The zero-order valence-electron chi connectivity index (χ0n) is 10.8. The predicted octanol–water partition coefficient (Wildman–Crippen LogP) is 4.10. The van der Waals surface area contributed by atoms with Crippen molar-refractivity contribution >= 4 is 6.08 Å². The average molecular weight is 223 g/mol. The van der Waals surface area contributed by atoms with Gasteiger partial charge in [0.25, 0.3) is 0 Å². The molecule has 0 bridgehead atoms. The van der Waals surface area contributed by atoms with E-state index in [1.54, 1.807) is 6.08 Å². The molecular formula is C14H25NO. The molecule has 1 aliphatic rings. The van der Waals surface area contributed by atoms with E-state index < -0.39 is 0 Å². The van der Waals surface area contributed by atoms with Crippen molar-refractivity contribution in [3.63, 3.8) is 0 Å². The summed E-state index contributed by atoms with van der Waals surface area (Å²) in [6.07, 6.45) is 12.2. The Hall–Kier alpha value is -0.620. The van der Waals surface area contributed by atoms with Crippen molar-refractivity contribution in [3.05, 3.63) is 0 Å². The van der Waals surface area contributed by atoms with Crippen molar-refractivity contribution in [1.82, 2.24) is 0 Å². The fraction of sp³-hybridized carbons (Fsp3) is 0.929. The first-order valence-corrected chi connectivity index (χ1v) is 6.74. The molecule has 0 aromatic carbocycles. The Bertz CT molecular complexity index is 235. The molecule has 0 radical (unpaired) electrons. The maximum atomic E-state index is 10.1. The van der Waals surface area contributed by atoms with Gasteiger partial charge < -0.3 is 0 Å². The lowest BCUT2D eigenvalue weighted by Crippen LogP contribution is -2.25. The summed E-state index contributed by atoms with van der Waals surface area (Å²) in [5.74, 6) is 0.640. The zero-order chi connectivity index (χ0) is 11.9. The summed E-state index contributed by atoms with van der Waals surface area (Å²) in [5.41, 5.74) is 0.566. The Labute approximate surface area is 99.5 Å². The molecule has 0 saturated heterocycles. The van der Waals surface area contributed by atoms with Gasteiger partial charge >= 0.3 is 0 Å². The first kappa shape index (κ1) is 13.4. The van der Waals surface area contributed by atoms with Gasteiger partial charge in [0.2, 0.25) is 6.08 Å². The predicted molar refractivity (Wildman–Crippen MR) is 67.2 cm³/mol. The maximum Gasteiger partial charge on any atom is 0.234 e. The lowest BCUT2D eigenvalue weighted by molar-refractivity contribution is 0.156. The largest absolute Gasteiger partial charge is 0.234 e. The number of rotatable bonds is 6. The fourth-order valence-electron chi connectivity index (χ4n) is 2.78. The molecule has 0 spiro atoms. The van der Waals surface area contributed by atoms with Gasteiger partial charge in [-0.3, -0.25) is 0 Å². The van der Waals surface area contributed by atoms with Crippen molar-refractivity contribution < 1.29 is 4.79 Å². The standard InChI is InChI=1S/C14H25NO/c1-3-4-5-8-14(2)9-6-13(7-10-14)11-15-12-16/h13H,3-11H2,1-2H3. The molecular weight excluding hydrogens is 198 g/mol. The van der Waals surface area contributed by atoms with Crippen LogP contribution in [0.15, 0.2) is 4.99 Å². The molecule has 0 amide bonds. The van der Waals surface area contributed by atoms with E-state index in [2.05, 4.69) is 18.8 Å². The molecule has 0 aromatic rings. The Balaban J connectivity index is 2.26. The van der Waals surface area contributed by atoms with Crippen LogP contribution < -0.4 is 0 Å². The normalized spacial score (nSPS) is 29.8. The molecule has 0 aromatic heterocycles. The van der Waals surface area contributed by atoms with Crippen LogP contribution in [0.4, 0.5) is 0 Å².